The van der Waals surface area contributed by atoms with Gasteiger partial charge in [-0.3, -0.25) is 4.79 Å². The van der Waals surface area contributed by atoms with Gasteiger partial charge in [0.25, 0.3) is 5.91 Å². The normalized spacial score (nSPS) is 22.3. The summed E-state index contributed by atoms with van der Waals surface area (Å²) in [6.07, 6.45) is 6.13. The fourth-order valence-electron chi connectivity index (χ4n) is 3.42. The standard InChI is InChI=1S/C21H29NO5/c1-14-7-5-9-17(15(14)2)22-19(23)13-27-20(24)12-11-16-8-6-10-18(25-3)21(16)26-4/h6,8,10-12,14-15,17H,5,7,9,13H2,1-4H3,(H,22,23)/b12-11+/t14-,15+,17+/m0/s1. The van der Waals surface area contributed by atoms with Crippen molar-refractivity contribution in [2.75, 3.05) is 20.8 Å². The molecular weight excluding hydrogens is 346 g/mol. The van der Waals surface area contributed by atoms with E-state index < -0.39 is 5.97 Å². The van der Waals surface area contributed by atoms with Crippen molar-refractivity contribution < 1.29 is 23.8 Å². The minimum atomic E-state index is -0.583. The number of amides is 1. The number of rotatable bonds is 7. The summed E-state index contributed by atoms with van der Waals surface area (Å²) >= 11 is 0. The zero-order chi connectivity index (χ0) is 19.8. The van der Waals surface area contributed by atoms with Crippen LogP contribution in [0.1, 0.15) is 38.7 Å². The van der Waals surface area contributed by atoms with Crippen LogP contribution in [0.25, 0.3) is 6.08 Å². The van der Waals surface area contributed by atoms with Gasteiger partial charge in [-0.1, -0.05) is 38.8 Å². The van der Waals surface area contributed by atoms with E-state index >= 15 is 0 Å². The summed E-state index contributed by atoms with van der Waals surface area (Å²) in [5.74, 6) is 1.28. The van der Waals surface area contributed by atoms with Gasteiger partial charge in [-0.05, 0) is 30.4 Å². The lowest BCUT2D eigenvalue weighted by Crippen LogP contribution is -2.45. The first-order chi connectivity index (χ1) is 13.0. The molecule has 1 amide bonds. The second kappa shape index (κ2) is 10.00. The van der Waals surface area contributed by atoms with Crippen LogP contribution in [0.2, 0.25) is 0 Å². The third-order valence-corrected chi connectivity index (χ3v) is 5.23. The van der Waals surface area contributed by atoms with Crippen LogP contribution in [0.15, 0.2) is 24.3 Å². The molecule has 0 unspecified atom stereocenters. The highest BCUT2D eigenvalue weighted by Crippen LogP contribution is 2.31. The Morgan fingerprint density at radius 1 is 1.19 bits per heavy atom. The zero-order valence-corrected chi connectivity index (χ0v) is 16.5. The second-order valence-electron chi connectivity index (χ2n) is 6.97. The Morgan fingerprint density at radius 2 is 1.96 bits per heavy atom. The topological polar surface area (TPSA) is 73.9 Å². The summed E-state index contributed by atoms with van der Waals surface area (Å²) in [7, 11) is 3.08. The molecule has 0 radical (unpaired) electrons. The molecule has 0 bridgehead atoms. The van der Waals surface area contributed by atoms with Crippen molar-refractivity contribution in [2.24, 2.45) is 11.8 Å². The molecule has 0 saturated heterocycles. The first kappa shape index (κ1) is 20.8. The maximum atomic E-state index is 12.1. The van der Waals surface area contributed by atoms with Gasteiger partial charge in [0.2, 0.25) is 0 Å². The van der Waals surface area contributed by atoms with Crippen LogP contribution in [0.3, 0.4) is 0 Å². The van der Waals surface area contributed by atoms with Crippen molar-refractivity contribution in [2.45, 2.75) is 39.2 Å². The number of hydrogen-bond donors (Lipinski definition) is 1. The van der Waals surface area contributed by atoms with E-state index in [2.05, 4.69) is 19.2 Å². The smallest absolute Gasteiger partial charge is 0.331 e. The van der Waals surface area contributed by atoms with Crippen LogP contribution in [0.5, 0.6) is 11.5 Å². The molecule has 6 heteroatoms. The van der Waals surface area contributed by atoms with Crippen LogP contribution < -0.4 is 14.8 Å². The second-order valence-corrected chi connectivity index (χ2v) is 6.97. The number of nitrogens with one attached hydrogen (secondary N) is 1. The van der Waals surface area contributed by atoms with Crippen molar-refractivity contribution in [1.29, 1.82) is 0 Å². The van der Waals surface area contributed by atoms with Crippen molar-refractivity contribution >= 4 is 18.0 Å². The highest BCUT2D eigenvalue weighted by Gasteiger charge is 2.28. The van der Waals surface area contributed by atoms with Crippen LogP contribution in [0.4, 0.5) is 0 Å². The fourth-order valence-corrected chi connectivity index (χ4v) is 3.42. The average molecular weight is 375 g/mol. The number of hydrogen-bond acceptors (Lipinski definition) is 5. The van der Waals surface area contributed by atoms with E-state index in [4.69, 9.17) is 14.2 Å². The maximum Gasteiger partial charge on any atom is 0.331 e. The fraction of sp³-hybridized carbons (Fsp3) is 0.524. The SMILES string of the molecule is COc1cccc(/C=C/C(=O)OCC(=O)N[C@@H]2CCC[C@H](C)[C@H]2C)c1OC. The molecule has 1 saturated carbocycles. The van der Waals surface area contributed by atoms with Crippen LogP contribution in [0, 0.1) is 11.8 Å². The molecule has 0 aliphatic heterocycles. The quantitative estimate of drug-likeness (QED) is 0.585. The minimum Gasteiger partial charge on any atom is -0.493 e. The molecule has 1 N–H and O–H groups in total. The molecule has 1 aliphatic rings. The number of para-hydroxylation sites is 1. The van der Waals surface area contributed by atoms with Crippen molar-refractivity contribution in [1.82, 2.24) is 5.32 Å². The van der Waals surface area contributed by atoms with E-state index in [0.29, 0.717) is 28.9 Å². The third-order valence-electron chi connectivity index (χ3n) is 5.23. The predicted molar refractivity (Wildman–Crippen MR) is 104 cm³/mol. The minimum absolute atomic E-state index is 0.150. The Hall–Kier alpha value is -2.50. The summed E-state index contributed by atoms with van der Waals surface area (Å²) in [4.78, 5) is 24.0. The lowest BCUT2D eigenvalue weighted by Gasteiger charge is -2.34. The molecule has 1 aliphatic carbocycles. The first-order valence-corrected chi connectivity index (χ1v) is 9.31. The highest BCUT2D eigenvalue weighted by atomic mass is 16.5. The summed E-state index contributed by atoms with van der Waals surface area (Å²) in [5, 5.41) is 2.98. The molecule has 1 aromatic rings. The van der Waals surface area contributed by atoms with E-state index in [0.717, 1.165) is 12.8 Å². The van der Waals surface area contributed by atoms with E-state index in [9.17, 15) is 9.59 Å². The molecule has 27 heavy (non-hydrogen) atoms. The van der Waals surface area contributed by atoms with E-state index in [1.807, 2.05) is 0 Å². The summed E-state index contributed by atoms with van der Waals surface area (Å²) in [6.45, 7) is 4.09. The van der Waals surface area contributed by atoms with Gasteiger partial charge >= 0.3 is 5.97 Å². The Labute approximate surface area is 160 Å². The lowest BCUT2D eigenvalue weighted by molar-refractivity contribution is -0.144. The monoisotopic (exact) mass is 375 g/mol. The largest absolute Gasteiger partial charge is 0.493 e. The Balaban J connectivity index is 1.85. The van der Waals surface area contributed by atoms with Crippen LogP contribution in [-0.2, 0) is 14.3 Å². The number of carbonyl (C=O) groups is 2. The van der Waals surface area contributed by atoms with Gasteiger partial charge in [0, 0.05) is 17.7 Å². The van der Waals surface area contributed by atoms with E-state index in [-0.39, 0.29) is 18.6 Å². The summed E-state index contributed by atoms with van der Waals surface area (Å²) in [5.41, 5.74) is 0.684. The molecule has 6 nitrogen and oxygen atoms in total. The number of methoxy groups -OCH3 is 2. The van der Waals surface area contributed by atoms with Gasteiger partial charge in [0.1, 0.15) is 0 Å². The lowest BCUT2D eigenvalue weighted by atomic mass is 9.78. The molecule has 0 heterocycles. The zero-order valence-electron chi connectivity index (χ0n) is 16.5. The van der Waals surface area contributed by atoms with Crippen molar-refractivity contribution in [3.05, 3.63) is 29.8 Å². The molecule has 148 valence electrons. The maximum absolute atomic E-state index is 12.1. The van der Waals surface area contributed by atoms with Gasteiger partial charge in [0.05, 0.1) is 14.2 Å². The molecular formula is C21H29NO5. The number of ether oxygens (including phenoxy) is 3. The van der Waals surface area contributed by atoms with E-state index in [1.54, 1.807) is 31.4 Å². The van der Waals surface area contributed by atoms with Gasteiger partial charge in [-0.25, -0.2) is 4.79 Å². The molecule has 1 aromatic carbocycles. The van der Waals surface area contributed by atoms with E-state index in [1.165, 1.54) is 19.6 Å². The van der Waals surface area contributed by atoms with Crippen molar-refractivity contribution in [3.8, 4) is 11.5 Å². The molecule has 0 spiro atoms. The van der Waals surface area contributed by atoms with Crippen LogP contribution in [-0.4, -0.2) is 38.7 Å². The van der Waals surface area contributed by atoms with Crippen molar-refractivity contribution in [3.63, 3.8) is 0 Å². The third kappa shape index (κ3) is 5.74. The van der Waals surface area contributed by atoms with Gasteiger partial charge < -0.3 is 19.5 Å². The summed E-state index contributed by atoms with van der Waals surface area (Å²) < 4.78 is 15.6. The number of carbonyl (C=O) groups excluding carboxylic acids is 2. The predicted octanol–water partition coefficient (Wildman–Crippen LogP) is 3.20. The number of esters is 1. The molecule has 0 aromatic heterocycles. The average Bonchev–Trinajstić information content (AvgIpc) is 2.67. The van der Waals surface area contributed by atoms with Gasteiger partial charge in [-0.2, -0.15) is 0 Å². The van der Waals surface area contributed by atoms with Crippen LogP contribution >= 0.6 is 0 Å². The molecule has 3 atom stereocenters. The first-order valence-electron chi connectivity index (χ1n) is 9.31. The highest BCUT2D eigenvalue weighted by molar-refractivity contribution is 5.90. The Kier molecular flexibility index (Phi) is 7.70. The van der Waals surface area contributed by atoms with Gasteiger partial charge in [0.15, 0.2) is 18.1 Å². The molecule has 2 rings (SSSR count). The summed E-state index contributed by atoms with van der Waals surface area (Å²) in [6, 6.07) is 5.51. The number of benzene rings is 1. The Morgan fingerprint density at radius 3 is 2.67 bits per heavy atom. The molecule has 1 fully saturated rings. The van der Waals surface area contributed by atoms with Gasteiger partial charge in [-0.15, -0.1) is 0 Å². The Bertz CT molecular complexity index is 685.